The van der Waals surface area contributed by atoms with Crippen molar-refractivity contribution in [1.29, 1.82) is 0 Å². The molecule has 1 aliphatic carbocycles. The van der Waals surface area contributed by atoms with Crippen LogP contribution in [0.1, 0.15) is 43.1 Å². The molecule has 1 aliphatic rings. The summed E-state index contributed by atoms with van der Waals surface area (Å²) < 4.78 is 39.0. The lowest BCUT2D eigenvalue weighted by atomic mass is 10.2. The molecule has 100 valence electrons. The van der Waals surface area contributed by atoms with Gasteiger partial charge in [-0.15, -0.1) is 0 Å². The molecule has 1 N–H and O–H groups in total. The van der Waals surface area contributed by atoms with Gasteiger partial charge in [-0.25, -0.2) is 4.79 Å². The average Bonchev–Trinajstić information content (AvgIpc) is 2.99. The summed E-state index contributed by atoms with van der Waals surface area (Å²) in [5.74, 6) is -1.25. The van der Waals surface area contributed by atoms with Gasteiger partial charge in [-0.2, -0.15) is 18.3 Å². The standard InChI is InChI=1S/C10H10BrF3N2O2/c1-4(9(17)18)16-7(5-2-3-5)6(11)8(15-16)10(12,13)14/h4-5H,2-3H2,1H3,(H,17,18)/t4-/m0/s1. The summed E-state index contributed by atoms with van der Waals surface area (Å²) in [7, 11) is 0. The number of hydrogen-bond donors (Lipinski definition) is 1. The monoisotopic (exact) mass is 326 g/mol. The van der Waals surface area contributed by atoms with Gasteiger partial charge in [0.05, 0.1) is 10.2 Å². The van der Waals surface area contributed by atoms with Crippen LogP contribution in [0.3, 0.4) is 0 Å². The fourth-order valence-corrected chi connectivity index (χ4v) is 2.54. The number of halogens is 4. The Labute approximate surface area is 109 Å². The van der Waals surface area contributed by atoms with E-state index in [9.17, 15) is 18.0 Å². The predicted molar refractivity (Wildman–Crippen MR) is 59.3 cm³/mol. The highest BCUT2D eigenvalue weighted by Crippen LogP contribution is 2.47. The van der Waals surface area contributed by atoms with Gasteiger partial charge in [0.25, 0.3) is 0 Å². The molecule has 2 rings (SSSR count). The molecule has 0 aliphatic heterocycles. The van der Waals surface area contributed by atoms with Crippen LogP contribution in [0, 0.1) is 0 Å². The molecule has 1 fully saturated rings. The Hall–Kier alpha value is -1.05. The maximum atomic E-state index is 12.7. The van der Waals surface area contributed by atoms with Gasteiger partial charge in [0.2, 0.25) is 0 Å². The van der Waals surface area contributed by atoms with Crippen molar-refractivity contribution in [3.8, 4) is 0 Å². The number of nitrogens with zero attached hydrogens (tertiary/aromatic N) is 2. The highest BCUT2D eigenvalue weighted by Gasteiger charge is 2.42. The predicted octanol–water partition coefficient (Wildman–Crippen LogP) is 3.19. The molecule has 0 unspecified atom stereocenters. The third-order valence-electron chi connectivity index (χ3n) is 2.84. The maximum absolute atomic E-state index is 12.7. The van der Waals surface area contributed by atoms with Crippen molar-refractivity contribution in [1.82, 2.24) is 9.78 Å². The molecule has 8 heteroatoms. The van der Waals surface area contributed by atoms with Gasteiger partial charge in [-0.1, -0.05) is 0 Å². The number of aromatic nitrogens is 2. The van der Waals surface area contributed by atoms with Crippen molar-refractivity contribution in [2.75, 3.05) is 0 Å². The van der Waals surface area contributed by atoms with E-state index in [1.54, 1.807) is 0 Å². The second-order valence-electron chi connectivity index (χ2n) is 4.28. The van der Waals surface area contributed by atoms with Gasteiger partial charge in [0.1, 0.15) is 6.04 Å². The molecule has 1 aromatic heterocycles. The first-order valence-corrected chi connectivity index (χ1v) is 6.10. The third kappa shape index (κ3) is 2.25. The van der Waals surface area contributed by atoms with Crippen molar-refractivity contribution >= 4 is 21.9 Å². The lowest BCUT2D eigenvalue weighted by molar-refractivity contribution is -0.144. The number of carboxylic acids is 1. The van der Waals surface area contributed by atoms with E-state index in [2.05, 4.69) is 21.0 Å². The van der Waals surface area contributed by atoms with Crippen LogP contribution in [0.2, 0.25) is 0 Å². The fraction of sp³-hybridized carbons (Fsp3) is 0.600. The highest BCUT2D eigenvalue weighted by molar-refractivity contribution is 9.10. The van der Waals surface area contributed by atoms with Crippen LogP contribution in [0.4, 0.5) is 13.2 Å². The Morgan fingerprint density at radius 2 is 2.11 bits per heavy atom. The number of alkyl halides is 3. The van der Waals surface area contributed by atoms with E-state index in [1.807, 2.05) is 0 Å². The van der Waals surface area contributed by atoms with E-state index in [0.717, 1.165) is 17.5 Å². The number of rotatable bonds is 3. The molecule has 1 atom stereocenters. The highest BCUT2D eigenvalue weighted by atomic mass is 79.9. The minimum Gasteiger partial charge on any atom is -0.480 e. The van der Waals surface area contributed by atoms with E-state index >= 15 is 0 Å². The summed E-state index contributed by atoms with van der Waals surface area (Å²) in [5.41, 5.74) is -0.727. The third-order valence-corrected chi connectivity index (χ3v) is 3.63. The van der Waals surface area contributed by atoms with Crippen LogP contribution in [-0.4, -0.2) is 20.9 Å². The smallest absolute Gasteiger partial charge is 0.436 e. The average molecular weight is 327 g/mol. The van der Waals surface area contributed by atoms with Gasteiger partial charge >= 0.3 is 12.1 Å². The summed E-state index contributed by atoms with van der Waals surface area (Å²) in [6.07, 6.45) is -3.08. The topological polar surface area (TPSA) is 55.1 Å². The second-order valence-corrected chi connectivity index (χ2v) is 5.07. The molecule has 1 heterocycles. The molecular formula is C10H10BrF3N2O2. The summed E-state index contributed by atoms with van der Waals surface area (Å²) in [6, 6.07) is -1.12. The van der Waals surface area contributed by atoms with Crippen LogP contribution >= 0.6 is 15.9 Å². The largest absolute Gasteiger partial charge is 0.480 e. The molecule has 0 saturated heterocycles. The van der Waals surface area contributed by atoms with Crippen LogP contribution in [0.25, 0.3) is 0 Å². The first-order valence-electron chi connectivity index (χ1n) is 5.31. The molecule has 0 aromatic carbocycles. The van der Waals surface area contributed by atoms with Crippen molar-refractivity contribution in [3.05, 3.63) is 15.9 Å². The number of carboxylic acid groups (broad SMARTS) is 1. The first kappa shape index (κ1) is 13.4. The summed E-state index contributed by atoms with van der Waals surface area (Å²) in [4.78, 5) is 10.9. The Bertz CT molecular complexity index is 494. The maximum Gasteiger partial charge on any atom is 0.436 e. The quantitative estimate of drug-likeness (QED) is 0.928. The van der Waals surface area contributed by atoms with Gasteiger partial charge in [0.15, 0.2) is 5.69 Å². The fourth-order valence-electron chi connectivity index (χ4n) is 1.73. The molecule has 18 heavy (non-hydrogen) atoms. The number of carbonyl (C=O) groups is 1. The van der Waals surface area contributed by atoms with E-state index in [1.165, 1.54) is 6.92 Å². The summed E-state index contributed by atoms with van der Waals surface area (Å²) in [5, 5.41) is 12.3. The number of aliphatic carboxylic acids is 1. The first-order chi connectivity index (χ1) is 8.23. The normalized spacial score (nSPS) is 17.8. The zero-order chi connectivity index (χ0) is 13.7. The SMILES string of the molecule is C[C@@H](C(=O)O)n1nc(C(F)(F)F)c(Br)c1C1CC1. The lowest BCUT2D eigenvalue weighted by Crippen LogP contribution is -2.19. The zero-order valence-corrected chi connectivity index (χ0v) is 10.9. The Kier molecular flexibility index (Phi) is 3.16. The summed E-state index contributed by atoms with van der Waals surface area (Å²) >= 11 is 2.90. The molecular weight excluding hydrogens is 317 g/mol. The van der Waals surface area contributed by atoms with Gasteiger partial charge in [-0.3, -0.25) is 4.68 Å². The van der Waals surface area contributed by atoms with Crippen molar-refractivity contribution in [2.45, 2.75) is 37.9 Å². The van der Waals surface area contributed by atoms with Gasteiger partial charge < -0.3 is 5.11 Å². The Balaban J connectivity index is 2.55. The van der Waals surface area contributed by atoms with Crippen LogP contribution in [0.5, 0.6) is 0 Å². The van der Waals surface area contributed by atoms with Crippen LogP contribution < -0.4 is 0 Å². The Morgan fingerprint density at radius 1 is 1.56 bits per heavy atom. The molecule has 0 radical (unpaired) electrons. The summed E-state index contributed by atoms with van der Waals surface area (Å²) in [6.45, 7) is 1.31. The van der Waals surface area contributed by atoms with E-state index in [-0.39, 0.29) is 10.4 Å². The van der Waals surface area contributed by atoms with Gasteiger partial charge in [-0.05, 0) is 35.7 Å². The molecule has 0 bridgehead atoms. The van der Waals surface area contributed by atoms with E-state index in [0.29, 0.717) is 5.69 Å². The van der Waals surface area contributed by atoms with Crippen molar-refractivity contribution in [2.24, 2.45) is 0 Å². The molecule has 1 saturated carbocycles. The van der Waals surface area contributed by atoms with Crippen molar-refractivity contribution in [3.63, 3.8) is 0 Å². The zero-order valence-electron chi connectivity index (χ0n) is 9.33. The lowest BCUT2D eigenvalue weighted by Gasteiger charge is -2.11. The minimum absolute atomic E-state index is 0.0372. The molecule has 0 amide bonds. The van der Waals surface area contributed by atoms with Gasteiger partial charge in [0, 0.05) is 5.92 Å². The molecule has 4 nitrogen and oxygen atoms in total. The second kappa shape index (κ2) is 4.25. The van der Waals surface area contributed by atoms with Crippen LogP contribution in [-0.2, 0) is 11.0 Å². The van der Waals surface area contributed by atoms with Crippen molar-refractivity contribution < 1.29 is 23.1 Å². The Morgan fingerprint density at radius 3 is 2.50 bits per heavy atom. The van der Waals surface area contributed by atoms with E-state index < -0.39 is 23.9 Å². The molecule has 1 aromatic rings. The number of hydrogen-bond acceptors (Lipinski definition) is 2. The molecule has 0 spiro atoms. The van der Waals surface area contributed by atoms with Crippen LogP contribution in [0.15, 0.2) is 4.47 Å². The van der Waals surface area contributed by atoms with E-state index in [4.69, 9.17) is 5.11 Å². The minimum atomic E-state index is -4.59.